The Labute approximate surface area is 177 Å². The van der Waals surface area contributed by atoms with Gasteiger partial charge in [-0.1, -0.05) is 6.07 Å². The van der Waals surface area contributed by atoms with Crippen LogP contribution in [0.3, 0.4) is 0 Å². The first-order valence-electron chi connectivity index (χ1n) is 9.54. The molecule has 1 N–H and O–H groups in total. The maximum Gasteiger partial charge on any atom is 0.433 e. The monoisotopic (exact) mass is 455 g/mol. The van der Waals surface area contributed by atoms with Crippen LogP contribution in [0, 0.1) is 0 Å². The molecule has 32 heavy (non-hydrogen) atoms. The van der Waals surface area contributed by atoms with E-state index in [4.69, 9.17) is 4.42 Å². The molecule has 3 aromatic rings. The number of nitrogens with zero attached hydrogens (tertiary/aromatic N) is 2. The average molecular weight is 455 g/mol. The first kappa shape index (κ1) is 21.8. The average Bonchev–Trinajstić information content (AvgIpc) is 3.18. The van der Waals surface area contributed by atoms with Gasteiger partial charge < -0.3 is 9.73 Å². The Kier molecular flexibility index (Phi) is 5.43. The van der Waals surface area contributed by atoms with Crippen LogP contribution in [0.5, 0.6) is 0 Å². The van der Waals surface area contributed by atoms with E-state index in [0.29, 0.717) is 25.0 Å². The van der Waals surface area contributed by atoms with Crippen LogP contribution in [0.2, 0.25) is 0 Å². The molecule has 0 spiro atoms. The molecular formula is C21H15F6N3O2. The molecule has 2 aromatic heterocycles. The highest BCUT2D eigenvalue weighted by atomic mass is 19.4. The molecule has 5 nitrogen and oxygen atoms in total. The maximum atomic E-state index is 12.9. The van der Waals surface area contributed by atoms with E-state index in [1.54, 1.807) is 0 Å². The van der Waals surface area contributed by atoms with Gasteiger partial charge in [-0.3, -0.25) is 9.78 Å². The van der Waals surface area contributed by atoms with E-state index in [1.165, 1.54) is 12.1 Å². The molecule has 1 unspecified atom stereocenters. The van der Waals surface area contributed by atoms with E-state index in [2.05, 4.69) is 15.3 Å². The quantitative estimate of drug-likeness (QED) is 0.524. The Morgan fingerprint density at radius 1 is 1.06 bits per heavy atom. The number of fused-ring (bicyclic) bond motifs is 1. The van der Waals surface area contributed by atoms with Crippen molar-refractivity contribution in [3.63, 3.8) is 0 Å². The van der Waals surface area contributed by atoms with Crippen molar-refractivity contribution >= 4 is 5.91 Å². The molecule has 0 radical (unpaired) electrons. The number of carbonyl (C=O) groups is 1. The van der Waals surface area contributed by atoms with Crippen LogP contribution >= 0.6 is 0 Å². The van der Waals surface area contributed by atoms with Crippen molar-refractivity contribution in [1.82, 2.24) is 15.3 Å². The summed E-state index contributed by atoms with van der Waals surface area (Å²) in [6.07, 6.45) is -6.69. The minimum absolute atomic E-state index is 0.0527. The molecule has 168 valence electrons. The summed E-state index contributed by atoms with van der Waals surface area (Å²) in [5.41, 5.74) is -1.67. The normalized spacial score (nSPS) is 16.5. The van der Waals surface area contributed by atoms with Gasteiger partial charge in [-0.05, 0) is 49.6 Å². The van der Waals surface area contributed by atoms with Crippen LogP contribution in [0.4, 0.5) is 26.3 Å². The van der Waals surface area contributed by atoms with E-state index in [0.717, 1.165) is 30.5 Å². The first-order valence-corrected chi connectivity index (χ1v) is 9.54. The molecule has 0 bridgehead atoms. The number of nitrogens with one attached hydrogen (secondary N) is 1. The van der Waals surface area contributed by atoms with Crippen LogP contribution in [0.1, 0.15) is 52.0 Å². The zero-order valence-electron chi connectivity index (χ0n) is 16.2. The topological polar surface area (TPSA) is 68.0 Å². The van der Waals surface area contributed by atoms with Gasteiger partial charge in [0.25, 0.3) is 5.91 Å². The van der Waals surface area contributed by atoms with Crippen molar-refractivity contribution in [1.29, 1.82) is 0 Å². The van der Waals surface area contributed by atoms with Crippen molar-refractivity contribution in [3.8, 4) is 11.5 Å². The van der Waals surface area contributed by atoms with E-state index in [9.17, 15) is 31.1 Å². The summed E-state index contributed by atoms with van der Waals surface area (Å²) < 4.78 is 83.3. The molecule has 0 aliphatic heterocycles. The van der Waals surface area contributed by atoms with Crippen LogP contribution in [-0.4, -0.2) is 15.9 Å². The van der Waals surface area contributed by atoms with Gasteiger partial charge in [-0.2, -0.15) is 26.3 Å². The largest absolute Gasteiger partial charge is 0.439 e. The lowest BCUT2D eigenvalue weighted by Crippen LogP contribution is -2.30. The van der Waals surface area contributed by atoms with Gasteiger partial charge >= 0.3 is 12.4 Å². The Hall–Kier alpha value is -3.37. The minimum Gasteiger partial charge on any atom is -0.439 e. The van der Waals surface area contributed by atoms with Gasteiger partial charge in [0.1, 0.15) is 11.5 Å². The second kappa shape index (κ2) is 7.95. The molecular weight excluding hydrogens is 440 g/mol. The lowest BCUT2D eigenvalue weighted by molar-refractivity contribution is -0.141. The Balaban J connectivity index is 1.59. The molecule has 1 aromatic carbocycles. The lowest BCUT2D eigenvalue weighted by atomic mass is 9.96. The molecule has 0 fully saturated rings. The van der Waals surface area contributed by atoms with Gasteiger partial charge in [-0.25, -0.2) is 4.98 Å². The molecule has 1 atom stereocenters. The van der Waals surface area contributed by atoms with Crippen molar-refractivity contribution in [3.05, 3.63) is 70.9 Å². The van der Waals surface area contributed by atoms with Crippen LogP contribution in [0.15, 0.2) is 47.0 Å². The van der Waals surface area contributed by atoms with E-state index in [-0.39, 0.29) is 22.8 Å². The number of pyridine rings is 1. The van der Waals surface area contributed by atoms with Crippen LogP contribution in [0.25, 0.3) is 11.5 Å². The molecule has 1 amide bonds. The number of alkyl halides is 6. The maximum absolute atomic E-state index is 12.9. The lowest BCUT2D eigenvalue weighted by Gasteiger charge is -2.21. The molecule has 1 aliphatic carbocycles. The number of hydrogen-bond donors (Lipinski definition) is 1. The summed E-state index contributed by atoms with van der Waals surface area (Å²) in [4.78, 5) is 20.1. The molecule has 1 aliphatic rings. The molecule has 11 heteroatoms. The van der Waals surface area contributed by atoms with Crippen molar-refractivity contribution < 1.29 is 35.6 Å². The summed E-state index contributed by atoms with van der Waals surface area (Å²) in [5, 5.41) is 2.64. The summed E-state index contributed by atoms with van der Waals surface area (Å²) in [6, 6.07) is 5.47. The fraction of sp³-hybridized carbons (Fsp3) is 0.286. The van der Waals surface area contributed by atoms with Crippen molar-refractivity contribution in [2.24, 2.45) is 0 Å². The van der Waals surface area contributed by atoms with E-state index in [1.807, 2.05) is 0 Å². The third kappa shape index (κ3) is 4.46. The Morgan fingerprint density at radius 2 is 1.84 bits per heavy atom. The number of amides is 1. The first-order chi connectivity index (χ1) is 15.0. The van der Waals surface area contributed by atoms with Gasteiger partial charge in [-0.15, -0.1) is 0 Å². The fourth-order valence-electron chi connectivity index (χ4n) is 3.48. The summed E-state index contributed by atoms with van der Waals surface area (Å²) >= 11 is 0. The second-order valence-electron chi connectivity index (χ2n) is 7.25. The van der Waals surface area contributed by atoms with Gasteiger partial charge in [0.2, 0.25) is 5.89 Å². The SMILES string of the molecule is O=C(NC1CCCc2nc(-c3ccnc(C(F)(F)F)c3)oc21)c1cccc(C(F)(F)F)c1. The number of hydrogen-bond acceptors (Lipinski definition) is 4. The fourth-order valence-corrected chi connectivity index (χ4v) is 3.48. The number of aryl methyl sites for hydroxylation is 1. The molecule has 4 rings (SSSR count). The Morgan fingerprint density at radius 3 is 2.56 bits per heavy atom. The number of benzene rings is 1. The van der Waals surface area contributed by atoms with Gasteiger partial charge in [0.15, 0.2) is 0 Å². The number of rotatable bonds is 3. The summed E-state index contributed by atoms with van der Waals surface area (Å²) in [7, 11) is 0. The second-order valence-corrected chi connectivity index (χ2v) is 7.25. The number of carbonyl (C=O) groups excluding carboxylic acids is 1. The highest BCUT2D eigenvalue weighted by Gasteiger charge is 2.34. The third-order valence-corrected chi connectivity index (χ3v) is 5.01. The predicted molar refractivity (Wildman–Crippen MR) is 99.3 cm³/mol. The predicted octanol–water partition coefficient (Wildman–Crippen LogP) is 5.58. The molecule has 0 saturated heterocycles. The number of halogens is 6. The van der Waals surface area contributed by atoms with Crippen LogP contribution < -0.4 is 5.32 Å². The highest BCUT2D eigenvalue weighted by Crippen LogP contribution is 2.36. The van der Waals surface area contributed by atoms with Crippen LogP contribution in [-0.2, 0) is 18.8 Å². The van der Waals surface area contributed by atoms with Gasteiger partial charge in [0, 0.05) is 17.3 Å². The molecule has 2 heterocycles. The smallest absolute Gasteiger partial charge is 0.433 e. The summed E-state index contributed by atoms with van der Waals surface area (Å²) in [5.74, 6) is -0.504. The van der Waals surface area contributed by atoms with E-state index >= 15 is 0 Å². The van der Waals surface area contributed by atoms with Gasteiger partial charge in [0.05, 0.1) is 17.3 Å². The zero-order chi connectivity index (χ0) is 23.1. The highest BCUT2D eigenvalue weighted by molar-refractivity contribution is 5.94. The van der Waals surface area contributed by atoms with E-state index < -0.39 is 35.6 Å². The third-order valence-electron chi connectivity index (χ3n) is 5.01. The standard InChI is InChI=1S/C21H15F6N3O2/c22-20(23,24)13-4-1-3-11(9-13)18(31)29-14-5-2-6-15-17(14)32-19(30-15)12-7-8-28-16(10-12)21(25,26)27/h1,3-4,7-10,14H,2,5-6H2,(H,29,31). The molecule has 0 saturated carbocycles. The Bertz CT molecular complexity index is 1150. The minimum atomic E-state index is -4.64. The van der Waals surface area contributed by atoms with Crippen molar-refractivity contribution in [2.45, 2.75) is 37.7 Å². The number of oxazole rings is 1. The summed E-state index contributed by atoms with van der Waals surface area (Å²) in [6.45, 7) is 0. The zero-order valence-corrected chi connectivity index (χ0v) is 16.2. The van der Waals surface area contributed by atoms with Crippen molar-refractivity contribution in [2.75, 3.05) is 0 Å². The number of aromatic nitrogens is 2.